The lowest BCUT2D eigenvalue weighted by Gasteiger charge is -2.10. The lowest BCUT2D eigenvalue weighted by molar-refractivity contribution is -0.841. The number of nitrogens with one attached hydrogen (secondary N) is 1. The Morgan fingerprint density at radius 2 is 2.43 bits per heavy atom. The van der Waals surface area contributed by atoms with Crippen LogP contribution in [0.25, 0.3) is 0 Å². The van der Waals surface area contributed by atoms with Crippen molar-refractivity contribution in [1.29, 1.82) is 0 Å². The Balaban J connectivity index is 2.26. The molecule has 1 rings (SSSR count). The van der Waals surface area contributed by atoms with Crippen LogP contribution < -0.4 is 4.90 Å². The molecule has 2 atom stereocenters. The molecule has 1 heterocycles. The minimum Gasteiger partial charge on any atom is -0.468 e. The predicted octanol–water partition coefficient (Wildman–Crippen LogP) is -0.297. The van der Waals surface area contributed by atoms with Gasteiger partial charge in [0.25, 0.3) is 0 Å². The molecular formula is C6H13N. The molecule has 0 radical (unpaired) electrons. The summed E-state index contributed by atoms with van der Waals surface area (Å²) in [5, 5.41) is 0. The maximum Gasteiger partial charge on any atom is 0.0558 e. The molecule has 0 aromatic rings. The topological polar surface area (TPSA) is 4.44 Å². The first-order valence-electron chi connectivity index (χ1n) is 2.95. The maximum absolute atomic E-state index is 3.90. The van der Waals surface area contributed by atoms with Crippen molar-refractivity contribution >= 4 is 0 Å². The SMILES string of the molecule is [CH2-][NH+]1CCC(C)C1. The lowest BCUT2D eigenvalue weighted by atomic mass is 10.2. The van der Waals surface area contributed by atoms with Crippen LogP contribution in [-0.2, 0) is 0 Å². The minimum atomic E-state index is 0.924. The van der Waals surface area contributed by atoms with E-state index in [9.17, 15) is 0 Å². The van der Waals surface area contributed by atoms with Gasteiger partial charge in [0.1, 0.15) is 0 Å². The molecule has 42 valence electrons. The van der Waals surface area contributed by atoms with E-state index < -0.39 is 0 Å². The molecule has 1 heteroatoms. The van der Waals surface area contributed by atoms with Crippen molar-refractivity contribution < 1.29 is 4.90 Å². The molecule has 7 heavy (non-hydrogen) atoms. The Labute approximate surface area is 45.3 Å². The van der Waals surface area contributed by atoms with Crippen molar-refractivity contribution in [3.63, 3.8) is 0 Å². The van der Waals surface area contributed by atoms with E-state index in [1.807, 2.05) is 0 Å². The highest BCUT2D eigenvalue weighted by atomic mass is 15.1. The van der Waals surface area contributed by atoms with Crippen molar-refractivity contribution in [2.75, 3.05) is 13.1 Å². The summed E-state index contributed by atoms with van der Waals surface area (Å²) in [5.74, 6) is 0.924. The van der Waals surface area contributed by atoms with Gasteiger partial charge in [-0.05, 0) is 0 Å². The van der Waals surface area contributed by atoms with Crippen LogP contribution in [-0.4, -0.2) is 13.1 Å². The highest BCUT2D eigenvalue weighted by Crippen LogP contribution is 1.99. The normalized spacial score (nSPS) is 42.0. The molecule has 0 aliphatic carbocycles. The van der Waals surface area contributed by atoms with E-state index in [0.717, 1.165) is 5.92 Å². The Hall–Kier alpha value is -0.0400. The standard InChI is InChI=1S/C6H13N/c1-6-3-4-7(2)5-6/h6-7H,2-5H2,1H3. The molecule has 1 saturated heterocycles. The van der Waals surface area contributed by atoms with E-state index >= 15 is 0 Å². The molecule has 0 saturated carbocycles. The monoisotopic (exact) mass is 99.1 g/mol. The van der Waals surface area contributed by atoms with Crippen LogP contribution in [0, 0.1) is 13.0 Å². The fourth-order valence-electron chi connectivity index (χ4n) is 1.15. The van der Waals surface area contributed by atoms with E-state index in [1.165, 1.54) is 24.4 Å². The summed E-state index contributed by atoms with van der Waals surface area (Å²) in [6.07, 6.45) is 1.37. The second-order valence-electron chi connectivity index (χ2n) is 2.60. The summed E-state index contributed by atoms with van der Waals surface area (Å²) in [6.45, 7) is 4.85. The van der Waals surface area contributed by atoms with Crippen molar-refractivity contribution in [2.24, 2.45) is 5.92 Å². The summed E-state index contributed by atoms with van der Waals surface area (Å²) in [6, 6.07) is 0. The average molecular weight is 99.2 g/mol. The van der Waals surface area contributed by atoms with Crippen LogP contribution in [0.15, 0.2) is 0 Å². The predicted molar refractivity (Wildman–Crippen MR) is 29.8 cm³/mol. The molecule has 0 aromatic carbocycles. The van der Waals surface area contributed by atoms with Crippen LogP contribution >= 0.6 is 0 Å². The average Bonchev–Trinajstić information content (AvgIpc) is 1.87. The molecule has 1 N–H and O–H groups in total. The van der Waals surface area contributed by atoms with Crippen LogP contribution in [0.4, 0.5) is 0 Å². The third-order valence-corrected chi connectivity index (χ3v) is 1.63. The minimum absolute atomic E-state index is 0.924. The Kier molecular flexibility index (Phi) is 1.33. The second-order valence-corrected chi connectivity index (χ2v) is 2.60. The number of likely N-dealkylation sites (tertiary alicyclic amines) is 1. The van der Waals surface area contributed by atoms with E-state index in [4.69, 9.17) is 0 Å². The molecule has 1 aliphatic heterocycles. The van der Waals surface area contributed by atoms with Gasteiger partial charge >= 0.3 is 0 Å². The fraction of sp³-hybridized carbons (Fsp3) is 0.833. The van der Waals surface area contributed by atoms with Crippen molar-refractivity contribution in [3.05, 3.63) is 7.05 Å². The quantitative estimate of drug-likeness (QED) is 0.398. The first kappa shape index (κ1) is 5.10. The van der Waals surface area contributed by atoms with E-state index in [2.05, 4.69) is 14.0 Å². The number of quaternary nitrogens is 1. The van der Waals surface area contributed by atoms with Gasteiger partial charge in [-0.15, -0.1) is 0 Å². The molecule has 0 spiro atoms. The number of hydrogen-bond acceptors (Lipinski definition) is 0. The van der Waals surface area contributed by atoms with Gasteiger partial charge in [-0.3, -0.25) is 0 Å². The van der Waals surface area contributed by atoms with Gasteiger partial charge < -0.3 is 4.90 Å². The van der Waals surface area contributed by atoms with Crippen molar-refractivity contribution in [1.82, 2.24) is 0 Å². The van der Waals surface area contributed by atoms with Crippen LogP contribution in [0.5, 0.6) is 0 Å². The van der Waals surface area contributed by atoms with Gasteiger partial charge in [0.05, 0.1) is 13.1 Å². The van der Waals surface area contributed by atoms with Crippen molar-refractivity contribution in [3.8, 4) is 0 Å². The third kappa shape index (κ3) is 1.16. The Bertz CT molecular complexity index is 53.2. The zero-order valence-electron chi connectivity index (χ0n) is 4.91. The second kappa shape index (κ2) is 1.83. The van der Waals surface area contributed by atoms with Crippen LogP contribution in [0.1, 0.15) is 13.3 Å². The van der Waals surface area contributed by atoms with Gasteiger partial charge in [-0.2, -0.15) is 7.05 Å². The smallest absolute Gasteiger partial charge is 0.0558 e. The maximum atomic E-state index is 3.90. The van der Waals surface area contributed by atoms with Gasteiger partial charge in [0.2, 0.25) is 0 Å². The van der Waals surface area contributed by atoms with Gasteiger partial charge in [0.15, 0.2) is 0 Å². The highest BCUT2D eigenvalue weighted by Gasteiger charge is 2.13. The number of hydrogen-bond donors (Lipinski definition) is 1. The van der Waals surface area contributed by atoms with E-state index in [-0.39, 0.29) is 0 Å². The fourth-order valence-corrected chi connectivity index (χ4v) is 1.15. The highest BCUT2D eigenvalue weighted by molar-refractivity contribution is 4.54. The summed E-state index contributed by atoms with van der Waals surface area (Å²) >= 11 is 0. The molecular weight excluding hydrogens is 86.1 g/mol. The van der Waals surface area contributed by atoms with Crippen molar-refractivity contribution in [2.45, 2.75) is 13.3 Å². The summed E-state index contributed by atoms with van der Waals surface area (Å²) in [5.41, 5.74) is 0. The molecule has 0 bridgehead atoms. The molecule has 1 aliphatic rings. The zero-order valence-corrected chi connectivity index (χ0v) is 4.91. The number of rotatable bonds is 0. The van der Waals surface area contributed by atoms with E-state index in [0.29, 0.717) is 0 Å². The van der Waals surface area contributed by atoms with Crippen LogP contribution in [0.3, 0.4) is 0 Å². The molecule has 1 nitrogen and oxygen atoms in total. The zero-order chi connectivity index (χ0) is 5.28. The molecule has 1 fully saturated rings. The van der Waals surface area contributed by atoms with Gasteiger partial charge in [-0.1, -0.05) is 6.92 Å². The van der Waals surface area contributed by atoms with Crippen LogP contribution in [0.2, 0.25) is 0 Å². The summed E-state index contributed by atoms with van der Waals surface area (Å²) in [4.78, 5) is 1.45. The third-order valence-electron chi connectivity index (χ3n) is 1.63. The first-order valence-corrected chi connectivity index (χ1v) is 2.95. The largest absolute Gasteiger partial charge is 0.468 e. The Morgan fingerprint density at radius 1 is 1.71 bits per heavy atom. The Morgan fingerprint density at radius 3 is 2.57 bits per heavy atom. The van der Waals surface area contributed by atoms with Gasteiger partial charge in [-0.25, -0.2) is 0 Å². The lowest BCUT2D eigenvalue weighted by Crippen LogP contribution is -3.04. The van der Waals surface area contributed by atoms with E-state index in [1.54, 1.807) is 0 Å². The molecule has 2 unspecified atom stereocenters. The molecule has 0 amide bonds. The first-order chi connectivity index (χ1) is 3.29. The van der Waals surface area contributed by atoms with Gasteiger partial charge in [0, 0.05) is 12.3 Å². The summed E-state index contributed by atoms with van der Waals surface area (Å²) in [7, 11) is 3.90. The summed E-state index contributed by atoms with van der Waals surface area (Å²) < 4.78 is 0. The molecule has 0 aromatic heterocycles.